The molecule has 1 unspecified atom stereocenters. The van der Waals surface area contributed by atoms with Crippen LogP contribution in [0.15, 0.2) is 12.3 Å². The van der Waals surface area contributed by atoms with Gasteiger partial charge in [0.2, 0.25) is 0 Å². The van der Waals surface area contributed by atoms with Crippen LogP contribution in [0.2, 0.25) is 0 Å². The molecule has 0 aliphatic carbocycles. The first-order chi connectivity index (χ1) is 9.74. The Morgan fingerprint density at radius 3 is 2.90 bits per heavy atom. The lowest BCUT2D eigenvalue weighted by Crippen LogP contribution is -2.32. The van der Waals surface area contributed by atoms with Crippen LogP contribution in [0.1, 0.15) is 57.7 Å². The van der Waals surface area contributed by atoms with Crippen molar-refractivity contribution in [3.8, 4) is 0 Å². The van der Waals surface area contributed by atoms with Gasteiger partial charge in [-0.1, -0.05) is 13.8 Å². The van der Waals surface area contributed by atoms with E-state index in [2.05, 4.69) is 48.1 Å². The number of aromatic nitrogens is 2. The number of nitrogens with one attached hydrogen (secondary N) is 1. The highest BCUT2D eigenvalue weighted by atomic mass is 15.3. The van der Waals surface area contributed by atoms with Crippen molar-refractivity contribution >= 4 is 0 Å². The van der Waals surface area contributed by atoms with Gasteiger partial charge in [-0.25, -0.2) is 0 Å². The van der Waals surface area contributed by atoms with Crippen LogP contribution in [-0.4, -0.2) is 40.9 Å². The molecule has 0 bridgehead atoms. The molecule has 1 aromatic heterocycles. The quantitative estimate of drug-likeness (QED) is 0.868. The third kappa shape index (κ3) is 4.06. The van der Waals surface area contributed by atoms with Crippen molar-refractivity contribution in [2.75, 3.05) is 20.1 Å². The van der Waals surface area contributed by atoms with Gasteiger partial charge < -0.3 is 5.32 Å². The van der Waals surface area contributed by atoms with Crippen molar-refractivity contribution in [3.05, 3.63) is 18.0 Å². The van der Waals surface area contributed by atoms with Crippen molar-refractivity contribution in [2.45, 2.75) is 64.6 Å². The molecule has 114 valence electrons. The first kappa shape index (κ1) is 15.5. The molecule has 0 amide bonds. The molecular formula is C16H30N4. The summed E-state index contributed by atoms with van der Waals surface area (Å²) in [5, 5.41) is 8.25. The smallest absolute Gasteiger partial charge is 0.0764 e. The summed E-state index contributed by atoms with van der Waals surface area (Å²) < 4.78 is 2.15. The van der Waals surface area contributed by atoms with Gasteiger partial charge in [0.15, 0.2) is 0 Å². The lowest BCUT2D eigenvalue weighted by atomic mass is 10.1. The Morgan fingerprint density at radius 1 is 1.35 bits per heavy atom. The van der Waals surface area contributed by atoms with Gasteiger partial charge in [0, 0.05) is 18.8 Å². The number of nitrogens with zero attached hydrogens (tertiary/aromatic N) is 3. The maximum atomic E-state index is 4.77. The zero-order valence-electron chi connectivity index (χ0n) is 13.3. The molecule has 1 aliphatic heterocycles. The van der Waals surface area contributed by atoms with Gasteiger partial charge in [0.1, 0.15) is 0 Å². The molecule has 1 saturated heterocycles. The first-order valence-corrected chi connectivity index (χ1v) is 8.19. The molecule has 2 heterocycles. The van der Waals surface area contributed by atoms with Gasteiger partial charge >= 0.3 is 0 Å². The lowest BCUT2D eigenvalue weighted by Gasteiger charge is -2.26. The van der Waals surface area contributed by atoms with Crippen molar-refractivity contribution in [1.82, 2.24) is 20.0 Å². The SMILES string of the molecule is CCC(CC)n1ccc(CN(C)C2CCCNCC2)n1. The van der Waals surface area contributed by atoms with E-state index < -0.39 is 0 Å². The second-order valence-electron chi connectivity index (χ2n) is 6.01. The molecule has 1 aromatic rings. The summed E-state index contributed by atoms with van der Waals surface area (Å²) in [6.45, 7) is 7.77. The van der Waals surface area contributed by atoms with Gasteiger partial charge in [0.25, 0.3) is 0 Å². The lowest BCUT2D eigenvalue weighted by molar-refractivity contribution is 0.213. The molecule has 0 aromatic carbocycles. The minimum Gasteiger partial charge on any atom is -0.317 e. The number of hydrogen-bond acceptors (Lipinski definition) is 3. The van der Waals surface area contributed by atoms with Crippen LogP contribution in [0, 0.1) is 0 Å². The van der Waals surface area contributed by atoms with E-state index in [9.17, 15) is 0 Å². The highest BCUT2D eigenvalue weighted by molar-refractivity contribution is 5.00. The summed E-state index contributed by atoms with van der Waals surface area (Å²) in [7, 11) is 2.24. The number of hydrogen-bond donors (Lipinski definition) is 1. The Labute approximate surface area is 123 Å². The van der Waals surface area contributed by atoms with E-state index in [1.807, 2.05) is 0 Å². The molecule has 0 saturated carbocycles. The number of rotatable bonds is 6. The fourth-order valence-electron chi connectivity index (χ4n) is 3.15. The molecule has 1 aliphatic rings. The largest absolute Gasteiger partial charge is 0.317 e. The van der Waals surface area contributed by atoms with E-state index in [0.717, 1.165) is 25.9 Å². The predicted molar refractivity (Wildman–Crippen MR) is 83.8 cm³/mol. The molecular weight excluding hydrogens is 248 g/mol. The molecule has 4 nitrogen and oxygen atoms in total. The van der Waals surface area contributed by atoms with E-state index in [1.54, 1.807) is 0 Å². The van der Waals surface area contributed by atoms with E-state index >= 15 is 0 Å². The topological polar surface area (TPSA) is 33.1 Å². The van der Waals surface area contributed by atoms with Crippen LogP contribution in [0.5, 0.6) is 0 Å². The standard InChI is InChI=1S/C16H30N4/c1-4-15(5-2)20-12-9-14(18-20)13-19(3)16-7-6-10-17-11-8-16/h9,12,15-17H,4-8,10-11,13H2,1-3H3. The monoisotopic (exact) mass is 278 g/mol. The van der Waals surface area contributed by atoms with Gasteiger partial charge in [-0.15, -0.1) is 0 Å². The van der Waals surface area contributed by atoms with E-state index in [1.165, 1.54) is 31.5 Å². The van der Waals surface area contributed by atoms with Crippen molar-refractivity contribution < 1.29 is 0 Å². The summed E-state index contributed by atoms with van der Waals surface area (Å²) >= 11 is 0. The zero-order valence-corrected chi connectivity index (χ0v) is 13.3. The molecule has 1 atom stereocenters. The first-order valence-electron chi connectivity index (χ1n) is 8.19. The van der Waals surface area contributed by atoms with Crippen LogP contribution in [0.3, 0.4) is 0 Å². The minimum absolute atomic E-state index is 0.552. The summed E-state index contributed by atoms with van der Waals surface area (Å²) in [6.07, 6.45) is 8.30. The fourth-order valence-corrected chi connectivity index (χ4v) is 3.15. The summed E-state index contributed by atoms with van der Waals surface area (Å²) in [5.41, 5.74) is 1.21. The predicted octanol–water partition coefficient (Wildman–Crippen LogP) is 2.82. The van der Waals surface area contributed by atoms with Crippen LogP contribution < -0.4 is 5.32 Å². The summed E-state index contributed by atoms with van der Waals surface area (Å²) in [4.78, 5) is 2.48. The van der Waals surface area contributed by atoms with Gasteiger partial charge in [-0.2, -0.15) is 5.10 Å². The minimum atomic E-state index is 0.552. The van der Waals surface area contributed by atoms with Crippen LogP contribution in [0.25, 0.3) is 0 Å². The molecule has 0 radical (unpaired) electrons. The summed E-state index contributed by atoms with van der Waals surface area (Å²) in [6, 6.07) is 3.43. The normalized spacial score (nSPS) is 20.6. The molecule has 0 spiro atoms. The van der Waals surface area contributed by atoms with E-state index in [-0.39, 0.29) is 0 Å². The third-order valence-corrected chi connectivity index (χ3v) is 4.56. The average Bonchev–Trinajstić information content (AvgIpc) is 2.75. The van der Waals surface area contributed by atoms with Gasteiger partial charge in [-0.3, -0.25) is 9.58 Å². The maximum Gasteiger partial charge on any atom is 0.0764 e. The molecule has 20 heavy (non-hydrogen) atoms. The van der Waals surface area contributed by atoms with Crippen LogP contribution >= 0.6 is 0 Å². The Hall–Kier alpha value is -0.870. The average molecular weight is 278 g/mol. The van der Waals surface area contributed by atoms with Crippen molar-refractivity contribution in [3.63, 3.8) is 0 Å². The highest BCUT2D eigenvalue weighted by Crippen LogP contribution is 2.17. The van der Waals surface area contributed by atoms with Gasteiger partial charge in [-0.05, 0) is 58.3 Å². The van der Waals surface area contributed by atoms with E-state index in [0.29, 0.717) is 12.1 Å². The van der Waals surface area contributed by atoms with Crippen molar-refractivity contribution in [2.24, 2.45) is 0 Å². The third-order valence-electron chi connectivity index (χ3n) is 4.56. The highest BCUT2D eigenvalue weighted by Gasteiger charge is 2.18. The second-order valence-corrected chi connectivity index (χ2v) is 6.01. The zero-order chi connectivity index (χ0) is 14.4. The van der Waals surface area contributed by atoms with E-state index in [4.69, 9.17) is 5.10 Å². The van der Waals surface area contributed by atoms with Gasteiger partial charge in [0.05, 0.1) is 11.7 Å². The Balaban J connectivity index is 1.91. The van der Waals surface area contributed by atoms with Crippen LogP contribution in [0.4, 0.5) is 0 Å². The fraction of sp³-hybridized carbons (Fsp3) is 0.812. The maximum absolute atomic E-state index is 4.77. The Kier molecular flexibility index (Phi) is 6.05. The van der Waals surface area contributed by atoms with Crippen LogP contribution in [-0.2, 0) is 6.54 Å². The Morgan fingerprint density at radius 2 is 2.15 bits per heavy atom. The summed E-state index contributed by atoms with van der Waals surface area (Å²) in [5.74, 6) is 0. The molecule has 1 N–H and O–H groups in total. The molecule has 1 fully saturated rings. The second kappa shape index (κ2) is 7.79. The molecule has 2 rings (SSSR count). The molecule has 4 heteroatoms. The Bertz CT molecular complexity index is 376. The van der Waals surface area contributed by atoms with Crippen molar-refractivity contribution in [1.29, 1.82) is 0 Å².